The predicted molar refractivity (Wildman–Crippen MR) is 82.3 cm³/mol. The Labute approximate surface area is 129 Å². The number of nitrogens with zero attached hydrogens (tertiary/aromatic N) is 3. The van der Waals surface area contributed by atoms with Crippen LogP contribution in [0.3, 0.4) is 0 Å². The second kappa shape index (κ2) is 6.64. The van der Waals surface area contributed by atoms with Gasteiger partial charge in [-0.2, -0.15) is 0 Å². The fourth-order valence-corrected chi connectivity index (χ4v) is 2.33. The average Bonchev–Trinajstić information content (AvgIpc) is 2.39. The standard InChI is InChI=1S/C14H14BrN3O3/c1-2-5-17(9-14(20)21)8-11-6-13(19)18-7-10(15)3-4-12(18)16-11/h2-4,6-7H,1,5,8-9H2,(H,20,21). The van der Waals surface area contributed by atoms with E-state index in [4.69, 9.17) is 5.11 Å². The summed E-state index contributed by atoms with van der Waals surface area (Å²) in [6.07, 6.45) is 3.27. The van der Waals surface area contributed by atoms with Crippen LogP contribution < -0.4 is 5.56 Å². The van der Waals surface area contributed by atoms with E-state index in [2.05, 4.69) is 27.5 Å². The van der Waals surface area contributed by atoms with Crippen LogP contribution in [0, 0.1) is 0 Å². The summed E-state index contributed by atoms with van der Waals surface area (Å²) in [6.45, 7) is 4.16. The summed E-state index contributed by atoms with van der Waals surface area (Å²) in [5.41, 5.74) is 0.852. The van der Waals surface area contributed by atoms with Crippen molar-refractivity contribution in [2.75, 3.05) is 13.1 Å². The van der Waals surface area contributed by atoms with Gasteiger partial charge in [0.15, 0.2) is 0 Å². The van der Waals surface area contributed by atoms with Crippen LogP contribution in [0.2, 0.25) is 0 Å². The molecule has 7 heteroatoms. The third-order valence-corrected chi connectivity index (χ3v) is 3.28. The number of carboxylic acid groups (broad SMARTS) is 1. The Bertz CT molecular complexity index is 742. The first-order chi connectivity index (χ1) is 9.99. The summed E-state index contributed by atoms with van der Waals surface area (Å²) in [5, 5.41) is 8.88. The molecule has 0 aliphatic heterocycles. The molecule has 21 heavy (non-hydrogen) atoms. The Kier molecular flexibility index (Phi) is 4.87. The molecule has 2 rings (SSSR count). The van der Waals surface area contributed by atoms with Crippen LogP contribution in [-0.4, -0.2) is 38.4 Å². The quantitative estimate of drug-likeness (QED) is 0.798. The third-order valence-electron chi connectivity index (χ3n) is 2.81. The molecule has 0 unspecified atom stereocenters. The minimum absolute atomic E-state index is 0.132. The molecule has 0 aliphatic carbocycles. The number of carboxylic acids is 1. The topological polar surface area (TPSA) is 74.9 Å². The van der Waals surface area contributed by atoms with Crippen molar-refractivity contribution in [3.63, 3.8) is 0 Å². The number of hydrogen-bond acceptors (Lipinski definition) is 4. The summed E-state index contributed by atoms with van der Waals surface area (Å²) in [6, 6.07) is 4.94. The highest BCUT2D eigenvalue weighted by Crippen LogP contribution is 2.10. The summed E-state index contributed by atoms with van der Waals surface area (Å²) in [5.74, 6) is -0.932. The van der Waals surface area contributed by atoms with Crippen LogP contribution >= 0.6 is 15.9 Å². The van der Waals surface area contributed by atoms with Crippen LogP contribution in [0.1, 0.15) is 5.69 Å². The van der Waals surface area contributed by atoms with E-state index in [9.17, 15) is 9.59 Å². The Morgan fingerprint density at radius 2 is 2.29 bits per heavy atom. The SMILES string of the molecule is C=CCN(CC(=O)O)Cc1cc(=O)n2cc(Br)ccc2n1. The molecule has 0 saturated heterocycles. The molecule has 0 bridgehead atoms. The molecule has 0 spiro atoms. The number of fused-ring (bicyclic) bond motifs is 1. The van der Waals surface area contributed by atoms with E-state index in [1.54, 1.807) is 29.3 Å². The highest BCUT2D eigenvalue weighted by atomic mass is 79.9. The van der Waals surface area contributed by atoms with Gasteiger partial charge in [0.1, 0.15) is 5.65 Å². The third kappa shape index (κ3) is 3.99. The smallest absolute Gasteiger partial charge is 0.317 e. The van der Waals surface area contributed by atoms with Crippen molar-refractivity contribution in [1.82, 2.24) is 14.3 Å². The van der Waals surface area contributed by atoms with Gasteiger partial charge < -0.3 is 5.11 Å². The Balaban J connectivity index is 2.33. The molecule has 6 nitrogen and oxygen atoms in total. The predicted octanol–water partition coefficient (Wildman–Crippen LogP) is 1.53. The second-order valence-electron chi connectivity index (χ2n) is 4.51. The van der Waals surface area contributed by atoms with Crippen molar-refractivity contribution in [2.45, 2.75) is 6.54 Å². The number of aliphatic carboxylic acids is 1. The van der Waals surface area contributed by atoms with E-state index in [1.807, 2.05) is 0 Å². The molecule has 0 radical (unpaired) electrons. The maximum Gasteiger partial charge on any atom is 0.317 e. The number of pyridine rings is 1. The Morgan fingerprint density at radius 3 is 2.95 bits per heavy atom. The highest BCUT2D eigenvalue weighted by molar-refractivity contribution is 9.10. The fourth-order valence-electron chi connectivity index (χ4n) is 2.00. The summed E-state index contributed by atoms with van der Waals surface area (Å²) < 4.78 is 2.22. The van der Waals surface area contributed by atoms with Gasteiger partial charge in [0.2, 0.25) is 0 Å². The maximum absolute atomic E-state index is 12.1. The van der Waals surface area contributed by atoms with Crippen molar-refractivity contribution in [3.05, 3.63) is 57.6 Å². The maximum atomic E-state index is 12.1. The van der Waals surface area contributed by atoms with Crippen LogP contribution in [0.5, 0.6) is 0 Å². The molecule has 2 heterocycles. The summed E-state index contributed by atoms with van der Waals surface area (Å²) in [7, 11) is 0. The van der Waals surface area contributed by atoms with Crippen molar-refractivity contribution in [1.29, 1.82) is 0 Å². The van der Waals surface area contributed by atoms with E-state index in [0.717, 1.165) is 4.47 Å². The second-order valence-corrected chi connectivity index (χ2v) is 5.43. The van der Waals surface area contributed by atoms with Gasteiger partial charge in [-0.15, -0.1) is 6.58 Å². The first kappa shape index (κ1) is 15.4. The van der Waals surface area contributed by atoms with Crippen molar-refractivity contribution in [3.8, 4) is 0 Å². The molecule has 0 fully saturated rings. The summed E-state index contributed by atoms with van der Waals surface area (Å²) >= 11 is 3.30. The minimum atomic E-state index is -0.932. The summed E-state index contributed by atoms with van der Waals surface area (Å²) in [4.78, 5) is 28.9. The number of halogens is 1. The van der Waals surface area contributed by atoms with Crippen LogP contribution in [0.4, 0.5) is 0 Å². The normalized spacial score (nSPS) is 11.0. The van der Waals surface area contributed by atoms with Gasteiger partial charge in [0.25, 0.3) is 5.56 Å². The van der Waals surface area contributed by atoms with Gasteiger partial charge in [0.05, 0.1) is 12.2 Å². The number of aromatic nitrogens is 2. The van der Waals surface area contributed by atoms with E-state index in [0.29, 0.717) is 17.9 Å². The van der Waals surface area contributed by atoms with Gasteiger partial charge in [-0.1, -0.05) is 6.08 Å². The molecule has 1 N–H and O–H groups in total. The lowest BCUT2D eigenvalue weighted by molar-refractivity contribution is -0.138. The van der Waals surface area contributed by atoms with Gasteiger partial charge >= 0.3 is 5.97 Å². The minimum Gasteiger partial charge on any atom is -0.480 e. The lowest BCUT2D eigenvalue weighted by Gasteiger charge is -2.17. The van der Waals surface area contributed by atoms with Gasteiger partial charge in [-0.3, -0.25) is 18.9 Å². The van der Waals surface area contributed by atoms with Gasteiger partial charge in [0, 0.05) is 29.8 Å². The van der Waals surface area contributed by atoms with E-state index < -0.39 is 5.97 Å². The van der Waals surface area contributed by atoms with E-state index >= 15 is 0 Å². The lowest BCUT2D eigenvalue weighted by atomic mass is 10.3. The van der Waals surface area contributed by atoms with Gasteiger partial charge in [-0.05, 0) is 28.1 Å². The fraction of sp³-hybridized carbons (Fsp3) is 0.214. The number of carbonyl (C=O) groups is 1. The zero-order valence-corrected chi connectivity index (χ0v) is 12.8. The molecule has 0 saturated carbocycles. The van der Waals surface area contributed by atoms with Crippen LogP contribution in [0.15, 0.2) is 46.3 Å². The highest BCUT2D eigenvalue weighted by Gasteiger charge is 2.11. The molecule has 2 aromatic heterocycles. The molecular formula is C14H14BrN3O3. The first-order valence-corrected chi connectivity index (χ1v) is 7.02. The lowest BCUT2D eigenvalue weighted by Crippen LogP contribution is -2.30. The Hall–Kier alpha value is -1.99. The average molecular weight is 352 g/mol. The van der Waals surface area contributed by atoms with Crippen molar-refractivity contribution in [2.24, 2.45) is 0 Å². The molecule has 0 aliphatic rings. The van der Waals surface area contributed by atoms with Crippen LogP contribution in [-0.2, 0) is 11.3 Å². The molecule has 2 aromatic rings. The van der Waals surface area contributed by atoms with Crippen LogP contribution in [0.25, 0.3) is 5.65 Å². The zero-order chi connectivity index (χ0) is 15.4. The monoisotopic (exact) mass is 351 g/mol. The van der Waals surface area contributed by atoms with Gasteiger partial charge in [-0.25, -0.2) is 4.98 Å². The number of rotatable bonds is 6. The van der Waals surface area contributed by atoms with Crippen molar-refractivity contribution < 1.29 is 9.90 Å². The van der Waals surface area contributed by atoms with E-state index in [1.165, 1.54) is 10.5 Å². The largest absolute Gasteiger partial charge is 0.480 e. The molecule has 0 aromatic carbocycles. The number of hydrogen-bond donors (Lipinski definition) is 1. The molecule has 0 atom stereocenters. The van der Waals surface area contributed by atoms with E-state index in [-0.39, 0.29) is 18.6 Å². The molecule has 0 amide bonds. The Morgan fingerprint density at radius 1 is 1.52 bits per heavy atom. The molecular weight excluding hydrogens is 338 g/mol. The molecule has 110 valence electrons. The van der Waals surface area contributed by atoms with Crippen molar-refractivity contribution >= 4 is 27.5 Å². The first-order valence-electron chi connectivity index (χ1n) is 6.22. The zero-order valence-electron chi connectivity index (χ0n) is 11.2.